The van der Waals surface area contributed by atoms with Crippen LogP contribution in [0.25, 0.3) is 0 Å². The third-order valence-electron chi connectivity index (χ3n) is 2.14. The SMILES string of the molecule is CC(C)(C)OC(=O)NCCNCCc1ccsc1. The zero-order chi connectivity index (χ0) is 13.4. The van der Waals surface area contributed by atoms with Gasteiger partial charge in [-0.2, -0.15) is 11.3 Å². The Balaban J connectivity index is 1.97. The first-order valence-corrected chi connectivity index (χ1v) is 7.10. The number of nitrogens with one attached hydrogen (secondary N) is 2. The number of carbonyl (C=O) groups excluding carboxylic acids is 1. The first kappa shape index (κ1) is 15.0. The number of carbonyl (C=O) groups is 1. The minimum Gasteiger partial charge on any atom is -0.444 e. The molecular formula is C13H22N2O2S. The summed E-state index contributed by atoms with van der Waals surface area (Å²) in [6.07, 6.45) is 0.665. The lowest BCUT2D eigenvalue weighted by molar-refractivity contribution is 0.0528. The van der Waals surface area contributed by atoms with E-state index in [0.29, 0.717) is 6.54 Å². The first-order chi connectivity index (χ1) is 8.47. The molecule has 0 bridgehead atoms. The maximum atomic E-state index is 11.3. The highest BCUT2D eigenvalue weighted by Gasteiger charge is 2.15. The van der Waals surface area contributed by atoms with Gasteiger partial charge in [0.2, 0.25) is 0 Å². The Bertz CT molecular complexity index is 344. The fourth-order valence-electron chi connectivity index (χ4n) is 1.36. The molecule has 5 heteroatoms. The zero-order valence-corrected chi connectivity index (χ0v) is 12.1. The standard InChI is InChI=1S/C13H22N2O2S/c1-13(2,3)17-12(16)15-8-7-14-6-4-11-5-9-18-10-11/h5,9-10,14H,4,6-8H2,1-3H3,(H,15,16). The van der Waals surface area contributed by atoms with Crippen LogP contribution in [0, 0.1) is 0 Å². The predicted molar refractivity (Wildman–Crippen MR) is 75.1 cm³/mol. The second-order valence-corrected chi connectivity index (χ2v) is 5.84. The summed E-state index contributed by atoms with van der Waals surface area (Å²) in [6.45, 7) is 7.82. The average Bonchev–Trinajstić information content (AvgIpc) is 2.73. The van der Waals surface area contributed by atoms with Crippen molar-refractivity contribution in [3.63, 3.8) is 0 Å². The van der Waals surface area contributed by atoms with Crippen molar-refractivity contribution in [3.05, 3.63) is 22.4 Å². The first-order valence-electron chi connectivity index (χ1n) is 6.16. The number of ether oxygens (including phenoxy) is 1. The van der Waals surface area contributed by atoms with Crippen LogP contribution in [-0.4, -0.2) is 31.3 Å². The molecule has 4 nitrogen and oxygen atoms in total. The average molecular weight is 270 g/mol. The van der Waals surface area contributed by atoms with E-state index in [-0.39, 0.29) is 6.09 Å². The van der Waals surface area contributed by atoms with Gasteiger partial charge in [-0.25, -0.2) is 4.79 Å². The largest absolute Gasteiger partial charge is 0.444 e. The van der Waals surface area contributed by atoms with Crippen molar-refractivity contribution in [1.82, 2.24) is 10.6 Å². The topological polar surface area (TPSA) is 50.4 Å². The zero-order valence-electron chi connectivity index (χ0n) is 11.3. The maximum Gasteiger partial charge on any atom is 0.407 e. The van der Waals surface area contributed by atoms with Gasteiger partial charge >= 0.3 is 6.09 Å². The highest BCUT2D eigenvalue weighted by molar-refractivity contribution is 7.07. The van der Waals surface area contributed by atoms with Crippen LogP contribution >= 0.6 is 11.3 Å². The van der Waals surface area contributed by atoms with E-state index in [4.69, 9.17) is 4.74 Å². The molecule has 1 heterocycles. The van der Waals surface area contributed by atoms with E-state index in [0.717, 1.165) is 19.5 Å². The molecule has 1 amide bonds. The number of alkyl carbamates (subject to hydrolysis) is 1. The van der Waals surface area contributed by atoms with Gasteiger partial charge in [-0.15, -0.1) is 0 Å². The maximum absolute atomic E-state index is 11.3. The van der Waals surface area contributed by atoms with Crippen LogP contribution in [0.1, 0.15) is 26.3 Å². The normalized spacial score (nSPS) is 11.3. The molecule has 1 rings (SSSR count). The van der Waals surface area contributed by atoms with Crippen LogP contribution in [0.5, 0.6) is 0 Å². The van der Waals surface area contributed by atoms with Gasteiger partial charge in [0.25, 0.3) is 0 Å². The van der Waals surface area contributed by atoms with Crippen molar-refractivity contribution in [1.29, 1.82) is 0 Å². The van der Waals surface area contributed by atoms with E-state index in [1.54, 1.807) is 11.3 Å². The molecule has 0 radical (unpaired) electrons. The molecule has 102 valence electrons. The van der Waals surface area contributed by atoms with Gasteiger partial charge in [0.1, 0.15) is 5.60 Å². The Morgan fingerprint density at radius 2 is 2.11 bits per heavy atom. The number of thiophene rings is 1. The van der Waals surface area contributed by atoms with E-state index in [9.17, 15) is 4.79 Å². The molecule has 0 aromatic carbocycles. The summed E-state index contributed by atoms with van der Waals surface area (Å²) in [7, 11) is 0. The summed E-state index contributed by atoms with van der Waals surface area (Å²) in [5.74, 6) is 0. The lowest BCUT2D eigenvalue weighted by Gasteiger charge is -2.19. The van der Waals surface area contributed by atoms with E-state index in [2.05, 4.69) is 27.5 Å². The van der Waals surface area contributed by atoms with E-state index >= 15 is 0 Å². The van der Waals surface area contributed by atoms with E-state index in [1.165, 1.54) is 5.56 Å². The third kappa shape index (κ3) is 7.29. The molecule has 2 N–H and O–H groups in total. The van der Waals surface area contributed by atoms with Crippen LogP contribution in [-0.2, 0) is 11.2 Å². The molecule has 0 spiro atoms. The number of hydrogen-bond donors (Lipinski definition) is 2. The Hall–Kier alpha value is -1.07. The molecule has 0 atom stereocenters. The number of amides is 1. The van der Waals surface area contributed by atoms with E-state index in [1.807, 2.05) is 20.8 Å². The van der Waals surface area contributed by atoms with Gasteiger partial charge in [-0.3, -0.25) is 0 Å². The summed E-state index contributed by atoms with van der Waals surface area (Å²) in [6, 6.07) is 2.13. The molecule has 0 unspecified atom stereocenters. The van der Waals surface area contributed by atoms with Crippen molar-refractivity contribution < 1.29 is 9.53 Å². The Labute approximate surface area is 113 Å². The predicted octanol–water partition coefficient (Wildman–Crippen LogP) is 2.40. The second-order valence-electron chi connectivity index (χ2n) is 5.06. The molecule has 0 aliphatic heterocycles. The molecular weight excluding hydrogens is 248 g/mol. The molecule has 1 aromatic rings. The Morgan fingerprint density at radius 3 is 2.72 bits per heavy atom. The van der Waals surface area contributed by atoms with Crippen molar-refractivity contribution >= 4 is 17.4 Å². The van der Waals surface area contributed by atoms with Crippen LogP contribution in [0.3, 0.4) is 0 Å². The molecule has 0 saturated carbocycles. The minimum atomic E-state index is -0.434. The number of rotatable bonds is 6. The number of hydrogen-bond acceptors (Lipinski definition) is 4. The molecule has 0 aliphatic carbocycles. The van der Waals surface area contributed by atoms with Crippen molar-refractivity contribution in [2.75, 3.05) is 19.6 Å². The lowest BCUT2D eigenvalue weighted by atomic mass is 10.2. The lowest BCUT2D eigenvalue weighted by Crippen LogP contribution is -2.36. The van der Waals surface area contributed by atoms with Crippen LogP contribution in [0.4, 0.5) is 4.79 Å². The van der Waals surface area contributed by atoms with Gasteiger partial charge in [-0.05, 0) is 56.1 Å². The summed E-state index contributed by atoms with van der Waals surface area (Å²) in [5, 5.41) is 10.2. The van der Waals surface area contributed by atoms with Crippen LogP contribution in [0.2, 0.25) is 0 Å². The third-order valence-corrected chi connectivity index (χ3v) is 2.87. The van der Waals surface area contributed by atoms with Gasteiger partial charge < -0.3 is 15.4 Å². The van der Waals surface area contributed by atoms with Crippen molar-refractivity contribution in [2.24, 2.45) is 0 Å². The van der Waals surface area contributed by atoms with E-state index < -0.39 is 5.60 Å². The quantitative estimate of drug-likeness (QED) is 0.780. The summed E-state index contributed by atoms with van der Waals surface area (Å²) < 4.78 is 5.13. The van der Waals surface area contributed by atoms with Gasteiger partial charge in [-0.1, -0.05) is 0 Å². The highest BCUT2D eigenvalue weighted by Crippen LogP contribution is 2.06. The Kier molecular flexibility index (Phi) is 6.15. The molecule has 0 aliphatic rings. The van der Waals surface area contributed by atoms with Crippen molar-refractivity contribution in [3.8, 4) is 0 Å². The van der Waals surface area contributed by atoms with Gasteiger partial charge in [0.15, 0.2) is 0 Å². The van der Waals surface area contributed by atoms with Gasteiger partial charge in [0.05, 0.1) is 0 Å². The Morgan fingerprint density at radius 1 is 1.33 bits per heavy atom. The second kappa shape index (κ2) is 7.38. The van der Waals surface area contributed by atoms with Gasteiger partial charge in [0, 0.05) is 13.1 Å². The summed E-state index contributed by atoms with van der Waals surface area (Å²) in [4.78, 5) is 11.3. The molecule has 18 heavy (non-hydrogen) atoms. The minimum absolute atomic E-state index is 0.359. The highest BCUT2D eigenvalue weighted by atomic mass is 32.1. The molecule has 0 saturated heterocycles. The fourth-order valence-corrected chi connectivity index (χ4v) is 2.06. The van der Waals surface area contributed by atoms with Crippen LogP contribution < -0.4 is 10.6 Å². The molecule has 0 fully saturated rings. The summed E-state index contributed by atoms with van der Waals surface area (Å²) in [5.41, 5.74) is 0.920. The van der Waals surface area contributed by atoms with Crippen molar-refractivity contribution in [2.45, 2.75) is 32.8 Å². The van der Waals surface area contributed by atoms with Crippen LogP contribution in [0.15, 0.2) is 16.8 Å². The smallest absolute Gasteiger partial charge is 0.407 e. The monoisotopic (exact) mass is 270 g/mol. The fraction of sp³-hybridized carbons (Fsp3) is 0.615. The molecule has 1 aromatic heterocycles. The summed E-state index contributed by atoms with van der Waals surface area (Å²) >= 11 is 1.72.